The zero-order chi connectivity index (χ0) is 10.8. The summed E-state index contributed by atoms with van der Waals surface area (Å²) >= 11 is 6.88. The number of halogens is 2. The Morgan fingerprint density at radius 3 is 2.40 bits per heavy atom. The summed E-state index contributed by atoms with van der Waals surface area (Å²) in [4.78, 5) is 1.90. The molecule has 0 spiro atoms. The van der Waals surface area contributed by atoms with Crippen molar-refractivity contribution in [3.8, 4) is 0 Å². The number of benzene rings is 1. The van der Waals surface area contributed by atoms with Gasteiger partial charge in [-0.1, -0.05) is 34.1 Å². The zero-order valence-corrected chi connectivity index (χ0v) is 11.4. The molecule has 0 saturated heterocycles. The Labute approximate surface area is 106 Å². The quantitative estimate of drug-likeness (QED) is 0.772. The van der Waals surface area contributed by atoms with Crippen LogP contribution in [0.25, 0.3) is 0 Å². The fourth-order valence-corrected chi connectivity index (χ4v) is 2.90. The van der Waals surface area contributed by atoms with Crippen LogP contribution in [0.4, 0.5) is 5.69 Å². The maximum absolute atomic E-state index is 3.52. The predicted octanol–water partition coefficient (Wildman–Crippen LogP) is 3.83. The van der Waals surface area contributed by atoms with Crippen LogP contribution in [-0.2, 0) is 0 Å². The number of likely N-dealkylation sites (N-methyl/N-ethyl adjacent to an activating group) is 1. The van der Waals surface area contributed by atoms with E-state index < -0.39 is 0 Å². The Balaban J connectivity index is 2.35. The highest BCUT2D eigenvalue weighted by Crippen LogP contribution is 2.33. The number of rotatable bonds is 1. The van der Waals surface area contributed by atoms with Crippen molar-refractivity contribution in [1.82, 2.24) is 5.01 Å². The molecule has 0 bridgehead atoms. The Morgan fingerprint density at radius 1 is 1.20 bits per heavy atom. The Morgan fingerprint density at radius 2 is 1.87 bits per heavy atom. The van der Waals surface area contributed by atoms with E-state index in [9.17, 15) is 0 Å². The van der Waals surface area contributed by atoms with Crippen molar-refractivity contribution in [3.63, 3.8) is 0 Å². The van der Waals surface area contributed by atoms with Crippen LogP contribution in [0.15, 0.2) is 51.7 Å². The number of hydrazine groups is 1. The Hall–Kier alpha value is -0.740. The molecule has 15 heavy (non-hydrogen) atoms. The van der Waals surface area contributed by atoms with Gasteiger partial charge in [-0.3, -0.25) is 10.0 Å². The highest BCUT2D eigenvalue weighted by atomic mass is 79.9. The van der Waals surface area contributed by atoms with Crippen molar-refractivity contribution in [1.29, 1.82) is 0 Å². The molecule has 1 aromatic carbocycles. The van der Waals surface area contributed by atoms with Crippen LogP contribution < -0.4 is 5.01 Å². The fourth-order valence-electron chi connectivity index (χ4n) is 1.48. The SMILES string of the molecule is CN1C(=CBr)C(Br)=CN1c1ccccc1. The lowest BCUT2D eigenvalue weighted by Gasteiger charge is -2.27. The number of anilines is 1. The summed E-state index contributed by atoms with van der Waals surface area (Å²) in [6.45, 7) is 0. The van der Waals surface area contributed by atoms with Crippen LogP contribution in [0.1, 0.15) is 0 Å². The van der Waals surface area contributed by atoms with Gasteiger partial charge in [0.25, 0.3) is 0 Å². The lowest BCUT2D eigenvalue weighted by atomic mass is 10.3. The predicted molar refractivity (Wildman–Crippen MR) is 70.7 cm³/mol. The highest BCUT2D eigenvalue weighted by molar-refractivity contribution is 9.12. The molecule has 0 amide bonds. The maximum atomic E-state index is 3.52. The van der Waals surface area contributed by atoms with Gasteiger partial charge in [0.1, 0.15) is 0 Å². The van der Waals surface area contributed by atoms with E-state index in [0.29, 0.717) is 0 Å². The number of hydrogen-bond acceptors (Lipinski definition) is 2. The summed E-state index contributed by atoms with van der Waals surface area (Å²) < 4.78 is 1.06. The van der Waals surface area contributed by atoms with Gasteiger partial charge in [-0.25, -0.2) is 0 Å². The lowest BCUT2D eigenvalue weighted by Crippen LogP contribution is -2.29. The fraction of sp³-hybridized carbons (Fsp3) is 0.0909. The highest BCUT2D eigenvalue weighted by Gasteiger charge is 2.22. The molecule has 1 aromatic rings. The first-order valence-electron chi connectivity index (χ1n) is 4.50. The smallest absolute Gasteiger partial charge is 0.0801 e. The van der Waals surface area contributed by atoms with Crippen LogP contribution in [0.5, 0.6) is 0 Å². The van der Waals surface area contributed by atoms with Crippen molar-refractivity contribution in [3.05, 3.63) is 51.7 Å². The van der Waals surface area contributed by atoms with Crippen LogP contribution in [-0.4, -0.2) is 12.1 Å². The van der Waals surface area contributed by atoms with Gasteiger partial charge in [-0.15, -0.1) is 0 Å². The molecular weight excluding hydrogens is 320 g/mol. The van der Waals surface area contributed by atoms with Crippen molar-refractivity contribution in [2.45, 2.75) is 0 Å². The third kappa shape index (κ3) is 1.96. The third-order valence-electron chi connectivity index (χ3n) is 2.28. The minimum absolute atomic E-state index is 1.06. The van der Waals surface area contributed by atoms with Gasteiger partial charge >= 0.3 is 0 Å². The van der Waals surface area contributed by atoms with Gasteiger partial charge in [0.15, 0.2) is 0 Å². The number of hydrogen-bond donors (Lipinski definition) is 0. The second-order valence-electron chi connectivity index (χ2n) is 3.18. The number of para-hydroxylation sites is 1. The van der Waals surface area contributed by atoms with Crippen molar-refractivity contribution in [2.75, 3.05) is 12.1 Å². The van der Waals surface area contributed by atoms with Gasteiger partial charge in [0, 0.05) is 18.2 Å². The molecule has 78 valence electrons. The van der Waals surface area contributed by atoms with Crippen LogP contribution in [0.3, 0.4) is 0 Å². The summed E-state index contributed by atoms with van der Waals surface area (Å²) in [5, 5.41) is 4.14. The van der Waals surface area contributed by atoms with E-state index >= 15 is 0 Å². The van der Waals surface area contributed by atoms with Gasteiger partial charge in [0.05, 0.1) is 15.9 Å². The van der Waals surface area contributed by atoms with Gasteiger partial charge < -0.3 is 0 Å². The van der Waals surface area contributed by atoms with E-state index in [1.54, 1.807) is 0 Å². The molecule has 2 nitrogen and oxygen atoms in total. The average molecular weight is 330 g/mol. The van der Waals surface area contributed by atoms with Crippen LogP contribution in [0, 0.1) is 0 Å². The van der Waals surface area contributed by atoms with Crippen molar-refractivity contribution in [2.24, 2.45) is 0 Å². The minimum atomic E-state index is 1.06. The summed E-state index contributed by atoms with van der Waals surface area (Å²) in [7, 11) is 2.02. The van der Waals surface area contributed by atoms with E-state index in [0.717, 1.165) is 15.9 Å². The van der Waals surface area contributed by atoms with Crippen molar-refractivity contribution < 1.29 is 0 Å². The monoisotopic (exact) mass is 328 g/mol. The second-order valence-corrected chi connectivity index (χ2v) is 4.49. The molecule has 1 aliphatic heterocycles. The molecule has 2 rings (SSSR count). The first-order valence-corrected chi connectivity index (χ1v) is 6.21. The standard InChI is InChI=1S/C11H10Br2N2/c1-14-11(7-12)10(13)8-15(14)9-5-3-2-4-6-9/h2-8H,1H3. The second kappa shape index (κ2) is 4.41. The molecule has 0 radical (unpaired) electrons. The third-order valence-corrected chi connectivity index (χ3v) is 3.32. The average Bonchev–Trinajstić information content (AvgIpc) is 2.55. The van der Waals surface area contributed by atoms with Gasteiger partial charge in [0.2, 0.25) is 0 Å². The number of allylic oxidation sites excluding steroid dienone is 1. The molecule has 0 aliphatic carbocycles. The molecule has 0 N–H and O–H groups in total. The maximum Gasteiger partial charge on any atom is 0.0801 e. The number of nitrogens with zero attached hydrogens (tertiary/aromatic N) is 2. The summed E-state index contributed by atoms with van der Waals surface area (Å²) in [6, 6.07) is 10.2. The summed E-state index contributed by atoms with van der Waals surface area (Å²) in [5.41, 5.74) is 2.24. The largest absolute Gasteiger partial charge is 0.283 e. The first kappa shape index (κ1) is 10.8. The molecule has 0 unspecified atom stereocenters. The zero-order valence-electron chi connectivity index (χ0n) is 8.19. The molecule has 1 heterocycles. The molecule has 1 aliphatic rings. The molecule has 4 heteroatoms. The Kier molecular flexibility index (Phi) is 3.17. The van der Waals surface area contributed by atoms with Crippen LogP contribution in [0.2, 0.25) is 0 Å². The summed E-state index contributed by atoms with van der Waals surface area (Å²) in [5.74, 6) is 0. The van der Waals surface area contributed by atoms with Gasteiger partial charge in [-0.2, -0.15) is 0 Å². The van der Waals surface area contributed by atoms with E-state index in [1.807, 2.05) is 36.4 Å². The topological polar surface area (TPSA) is 6.48 Å². The molecular formula is C11H10Br2N2. The molecule has 0 atom stereocenters. The lowest BCUT2D eigenvalue weighted by molar-refractivity contribution is 0.456. The normalized spacial score (nSPS) is 18.6. The molecule has 0 fully saturated rings. The summed E-state index contributed by atoms with van der Waals surface area (Å²) in [6.07, 6.45) is 2.04. The van der Waals surface area contributed by atoms with Gasteiger partial charge in [-0.05, 0) is 28.1 Å². The molecule has 0 aromatic heterocycles. The van der Waals surface area contributed by atoms with E-state index in [2.05, 4.69) is 54.0 Å². The van der Waals surface area contributed by atoms with Crippen LogP contribution >= 0.6 is 31.9 Å². The van der Waals surface area contributed by atoms with E-state index in [4.69, 9.17) is 0 Å². The van der Waals surface area contributed by atoms with E-state index in [1.165, 1.54) is 0 Å². The van der Waals surface area contributed by atoms with E-state index in [-0.39, 0.29) is 0 Å². The molecule has 0 saturated carbocycles. The Bertz CT molecular complexity index is 412. The van der Waals surface area contributed by atoms with Crippen molar-refractivity contribution >= 4 is 37.5 Å². The first-order chi connectivity index (χ1) is 7.24. The minimum Gasteiger partial charge on any atom is -0.283 e.